The molecule has 0 spiro atoms. The van der Waals surface area contributed by atoms with Gasteiger partial charge in [-0.1, -0.05) is 25.1 Å². The van der Waals surface area contributed by atoms with Crippen LogP contribution in [0.2, 0.25) is 0 Å². The number of carbonyl (C=O) groups excluding carboxylic acids is 1. The SMILES string of the molecule is Cc1noc(CNc2cccc(NC(=O)OCC(C)C)c2)n1. The van der Waals surface area contributed by atoms with Crippen molar-refractivity contribution in [1.29, 1.82) is 0 Å². The van der Waals surface area contributed by atoms with Gasteiger partial charge in [-0.25, -0.2) is 4.79 Å². The summed E-state index contributed by atoms with van der Waals surface area (Å²) in [4.78, 5) is 15.7. The summed E-state index contributed by atoms with van der Waals surface area (Å²) in [6, 6.07) is 7.31. The van der Waals surface area contributed by atoms with Crippen LogP contribution in [0.25, 0.3) is 0 Å². The van der Waals surface area contributed by atoms with E-state index in [0.29, 0.717) is 36.5 Å². The Kier molecular flexibility index (Phi) is 5.35. The van der Waals surface area contributed by atoms with Crippen LogP contribution in [-0.4, -0.2) is 22.8 Å². The van der Waals surface area contributed by atoms with Gasteiger partial charge < -0.3 is 14.6 Å². The van der Waals surface area contributed by atoms with E-state index in [0.717, 1.165) is 5.69 Å². The molecule has 0 aliphatic rings. The molecule has 118 valence electrons. The lowest BCUT2D eigenvalue weighted by atomic mass is 10.2. The molecule has 0 unspecified atom stereocenters. The minimum Gasteiger partial charge on any atom is -0.449 e. The van der Waals surface area contributed by atoms with E-state index in [9.17, 15) is 4.79 Å². The summed E-state index contributed by atoms with van der Waals surface area (Å²) in [6.45, 7) is 6.54. The summed E-state index contributed by atoms with van der Waals surface area (Å²) in [5.74, 6) is 1.41. The van der Waals surface area contributed by atoms with Gasteiger partial charge in [-0.2, -0.15) is 4.98 Å². The lowest BCUT2D eigenvalue weighted by molar-refractivity contribution is 0.147. The first kappa shape index (κ1) is 15.8. The monoisotopic (exact) mass is 304 g/mol. The van der Waals surface area contributed by atoms with Crippen molar-refractivity contribution in [3.8, 4) is 0 Å². The molecule has 0 saturated heterocycles. The predicted molar refractivity (Wildman–Crippen MR) is 82.6 cm³/mol. The van der Waals surface area contributed by atoms with Crippen molar-refractivity contribution in [1.82, 2.24) is 10.1 Å². The molecule has 1 amide bonds. The van der Waals surface area contributed by atoms with Gasteiger partial charge in [0.1, 0.15) is 0 Å². The number of nitrogens with zero attached hydrogens (tertiary/aromatic N) is 2. The minimum atomic E-state index is -0.460. The highest BCUT2D eigenvalue weighted by Crippen LogP contribution is 2.16. The summed E-state index contributed by atoms with van der Waals surface area (Å²) >= 11 is 0. The third-order valence-corrected chi connectivity index (χ3v) is 2.67. The van der Waals surface area contributed by atoms with Crippen LogP contribution in [0.4, 0.5) is 16.2 Å². The number of anilines is 2. The molecule has 0 aliphatic heterocycles. The van der Waals surface area contributed by atoms with Crippen molar-refractivity contribution in [3.05, 3.63) is 36.0 Å². The van der Waals surface area contributed by atoms with E-state index < -0.39 is 6.09 Å². The van der Waals surface area contributed by atoms with Crippen LogP contribution in [0, 0.1) is 12.8 Å². The van der Waals surface area contributed by atoms with E-state index in [1.54, 1.807) is 19.1 Å². The zero-order valence-corrected chi connectivity index (χ0v) is 12.9. The predicted octanol–water partition coefficient (Wildman–Crippen LogP) is 3.19. The lowest BCUT2D eigenvalue weighted by Crippen LogP contribution is -2.16. The van der Waals surface area contributed by atoms with Crippen LogP contribution in [0.1, 0.15) is 25.6 Å². The first-order chi connectivity index (χ1) is 10.5. The molecule has 1 aromatic carbocycles. The molecule has 1 aromatic heterocycles. The summed E-state index contributed by atoms with van der Waals surface area (Å²) in [5.41, 5.74) is 1.48. The number of rotatable bonds is 6. The lowest BCUT2D eigenvalue weighted by Gasteiger charge is -2.10. The van der Waals surface area contributed by atoms with Crippen LogP contribution in [0.15, 0.2) is 28.8 Å². The number of aryl methyl sites for hydroxylation is 1. The second-order valence-corrected chi connectivity index (χ2v) is 5.29. The Morgan fingerprint density at radius 3 is 2.82 bits per heavy atom. The standard InChI is InChI=1S/C15H20N4O3/c1-10(2)9-21-15(20)18-13-6-4-5-12(7-13)16-8-14-17-11(3)19-22-14/h4-7,10,16H,8-9H2,1-3H3,(H,18,20). The van der Waals surface area contributed by atoms with E-state index in [1.807, 2.05) is 26.0 Å². The maximum atomic E-state index is 11.6. The van der Waals surface area contributed by atoms with E-state index in [4.69, 9.17) is 9.26 Å². The van der Waals surface area contributed by atoms with Crippen molar-refractivity contribution >= 4 is 17.5 Å². The molecule has 22 heavy (non-hydrogen) atoms. The number of hydrogen-bond donors (Lipinski definition) is 2. The van der Waals surface area contributed by atoms with Gasteiger partial charge in [0.2, 0.25) is 5.89 Å². The summed E-state index contributed by atoms with van der Waals surface area (Å²) < 4.78 is 10.1. The number of carbonyl (C=O) groups is 1. The van der Waals surface area contributed by atoms with Gasteiger partial charge in [-0.15, -0.1) is 0 Å². The van der Waals surface area contributed by atoms with Crippen LogP contribution in [0.3, 0.4) is 0 Å². The molecule has 1 heterocycles. The molecule has 7 nitrogen and oxygen atoms in total. The highest BCUT2D eigenvalue weighted by molar-refractivity contribution is 5.85. The minimum absolute atomic E-state index is 0.302. The molecule has 0 fully saturated rings. The van der Waals surface area contributed by atoms with Crippen molar-refractivity contribution in [2.75, 3.05) is 17.2 Å². The molecule has 0 atom stereocenters. The fourth-order valence-corrected chi connectivity index (χ4v) is 1.69. The molecule has 0 saturated carbocycles. The zero-order chi connectivity index (χ0) is 15.9. The average molecular weight is 304 g/mol. The first-order valence-corrected chi connectivity index (χ1v) is 7.10. The van der Waals surface area contributed by atoms with Crippen molar-refractivity contribution in [3.63, 3.8) is 0 Å². The molecular formula is C15H20N4O3. The van der Waals surface area contributed by atoms with Gasteiger partial charge in [-0.3, -0.25) is 5.32 Å². The third kappa shape index (κ3) is 5.08. The number of nitrogens with one attached hydrogen (secondary N) is 2. The van der Waals surface area contributed by atoms with Gasteiger partial charge in [0.25, 0.3) is 0 Å². The summed E-state index contributed by atoms with van der Waals surface area (Å²) in [7, 11) is 0. The normalized spacial score (nSPS) is 10.5. The highest BCUT2D eigenvalue weighted by atomic mass is 16.5. The van der Waals surface area contributed by atoms with Crippen LogP contribution < -0.4 is 10.6 Å². The Balaban J connectivity index is 1.87. The quantitative estimate of drug-likeness (QED) is 0.852. The van der Waals surface area contributed by atoms with Crippen molar-refractivity contribution in [2.24, 2.45) is 5.92 Å². The van der Waals surface area contributed by atoms with E-state index in [-0.39, 0.29) is 0 Å². The van der Waals surface area contributed by atoms with Gasteiger partial charge in [0, 0.05) is 11.4 Å². The Hall–Kier alpha value is -2.57. The Morgan fingerprint density at radius 2 is 2.14 bits per heavy atom. The first-order valence-electron chi connectivity index (χ1n) is 7.10. The largest absolute Gasteiger partial charge is 0.449 e. The van der Waals surface area contributed by atoms with Gasteiger partial charge in [-0.05, 0) is 31.0 Å². The number of amides is 1. The molecule has 0 bridgehead atoms. The zero-order valence-electron chi connectivity index (χ0n) is 12.9. The molecule has 2 rings (SSSR count). The topological polar surface area (TPSA) is 89.3 Å². The fraction of sp³-hybridized carbons (Fsp3) is 0.400. The van der Waals surface area contributed by atoms with E-state index >= 15 is 0 Å². The Labute approximate surface area is 129 Å². The van der Waals surface area contributed by atoms with Crippen LogP contribution in [-0.2, 0) is 11.3 Å². The van der Waals surface area contributed by atoms with Gasteiger partial charge in [0.05, 0.1) is 13.2 Å². The number of hydrogen-bond acceptors (Lipinski definition) is 6. The van der Waals surface area contributed by atoms with Crippen molar-refractivity contribution < 1.29 is 14.1 Å². The van der Waals surface area contributed by atoms with E-state index in [1.165, 1.54) is 0 Å². The van der Waals surface area contributed by atoms with Crippen LogP contribution >= 0.6 is 0 Å². The average Bonchev–Trinajstić information content (AvgIpc) is 2.89. The highest BCUT2D eigenvalue weighted by Gasteiger charge is 2.06. The van der Waals surface area contributed by atoms with E-state index in [2.05, 4.69) is 20.8 Å². The maximum absolute atomic E-state index is 11.6. The molecule has 0 radical (unpaired) electrons. The summed E-state index contributed by atoms with van der Waals surface area (Å²) in [5, 5.41) is 9.56. The molecular weight excluding hydrogens is 284 g/mol. The number of benzene rings is 1. The molecule has 2 aromatic rings. The molecule has 0 aliphatic carbocycles. The Bertz CT molecular complexity index is 625. The van der Waals surface area contributed by atoms with Crippen molar-refractivity contribution in [2.45, 2.75) is 27.3 Å². The summed E-state index contributed by atoms with van der Waals surface area (Å²) in [6.07, 6.45) is -0.460. The smallest absolute Gasteiger partial charge is 0.411 e. The third-order valence-electron chi connectivity index (χ3n) is 2.67. The number of ether oxygens (including phenoxy) is 1. The van der Waals surface area contributed by atoms with Gasteiger partial charge in [0.15, 0.2) is 5.82 Å². The van der Waals surface area contributed by atoms with Gasteiger partial charge >= 0.3 is 6.09 Å². The molecule has 7 heteroatoms. The fourth-order valence-electron chi connectivity index (χ4n) is 1.69. The number of aromatic nitrogens is 2. The van der Waals surface area contributed by atoms with Crippen LogP contribution in [0.5, 0.6) is 0 Å². The molecule has 2 N–H and O–H groups in total. The Morgan fingerprint density at radius 1 is 1.36 bits per heavy atom. The maximum Gasteiger partial charge on any atom is 0.411 e. The second kappa shape index (κ2) is 7.44. The second-order valence-electron chi connectivity index (χ2n) is 5.29.